The Morgan fingerprint density at radius 1 is 0.717 bits per heavy atom. The second-order valence-corrected chi connectivity index (χ2v) is 16.7. The number of anilines is 1. The van der Waals surface area contributed by atoms with Crippen molar-refractivity contribution in [2.75, 3.05) is 38.0 Å². The normalized spacial score (nSPS) is 12.6. The predicted molar refractivity (Wildman–Crippen MR) is 211 cm³/mol. The van der Waals surface area contributed by atoms with Crippen LogP contribution < -0.4 is 47.7 Å². The zero-order valence-corrected chi connectivity index (χ0v) is 34.2. The zero-order chi connectivity index (χ0) is 40.7. The summed E-state index contributed by atoms with van der Waals surface area (Å²) in [5.74, 6) is -0.443. The average molecular weight is 770 g/mol. The maximum atomic E-state index is 12.7. The summed E-state index contributed by atoms with van der Waals surface area (Å²) >= 11 is 0. The minimum absolute atomic E-state index is 0.0652. The first-order valence-corrected chi connectivity index (χ1v) is 20.0. The number of sulfonamides is 1. The molecule has 0 radical (unpaired) electrons. The third kappa shape index (κ3) is 23.5. The molecule has 0 unspecified atom stereocenters. The summed E-state index contributed by atoms with van der Waals surface area (Å²) in [6.07, 6.45) is 1.37. The Kier molecular flexibility index (Phi) is 24.2. The highest BCUT2D eigenvalue weighted by Crippen LogP contribution is 2.11. The van der Waals surface area contributed by atoms with Gasteiger partial charge >= 0.3 is 6.03 Å². The van der Waals surface area contributed by atoms with E-state index in [0.717, 1.165) is 0 Å². The number of amides is 6. The van der Waals surface area contributed by atoms with Crippen LogP contribution in [-0.4, -0.2) is 100 Å². The SMILES string of the molecule is CC(C)CC(=O)Nc1ccc(C(=O)NCCNS(=O)(=O)C(C)C)cc1.CC(C)NCCNC(=O)[C@H](CCCNC(N)=O)NC(=O)[C@@H](NC(C)C)C(C)C. The Bertz CT molecular complexity index is 1370. The maximum Gasteiger partial charge on any atom is 0.312 e. The standard InChI is InChI=1S/C19H40N6O3.C17H27N3O4S/c1-12(2)16(24-14(5)6)18(27)25-15(8-7-9-23-19(20)28)17(26)22-11-10-21-13(3)4;1-12(2)11-16(21)20-15-7-5-14(6-8-15)17(22)18-9-10-19-25(23,24)13(3)4/h12-16,21,24H,7-11H2,1-6H3,(H,22,26)(H,25,27)(H3,20,23,28);5-8,12-13,19H,9-11H2,1-4H3,(H,18,22)(H,20,21)/t15-,16-;/m0./s1. The molecule has 0 aliphatic rings. The van der Waals surface area contributed by atoms with Crippen LogP contribution >= 0.6 is 0 Å². The quantitative estimate of drug-likeness (QED) is 0.0736. The van der Waals surface area contributed by atoms with E-state index in [-0.39, 0.29) is 60.6 Å². The van der Waals surface area contributed by atoms with Gasteiger partial charge in [0.25, 0.3) is 5.91 Å². The summed E-state index contributed by atoms with van der Waals surface area (Å²) in [4.78, 5) is 59.8. The molecule has 6 amide bonds. The van der Waals surface area contributed by atoms with Crippen LogP contribution in [0, 0.1) is 11.8 Å². The molecule has 1 rings (SSSR count). The van der Waals surface area contributed by atoms with Gasteiger partial charge in [-0.1, -0.05) is 55.4 Å². The van der Waals surface area contributed by atoms with Crippen LogP contribution in [0.25, 0.3) is 0 Å². The number of benzene rings is 1. The largest absolute Gasteiger partial charge is 0.353 e. The van der Waals surface area contributed by atoms with E-state index in [1.807, 2.05) is 55.4 Å². The van der Waals surface area contributed by atoms with E-state index in [4.69, 9.17) is 5.73 Å². The van der Waals surface area contributed by atoms with Gasteiger partial charge in [-0.25, -0.2) is 17.9 Å². The number of hydrogen-bond donors (Lipinski definition) is 9. The summed E-state index contributed by atoms with van der Waals surface area (Å²) in [5.41, 5.74) is 6.13. The van der Waals surface area contributed by atoms with Gasteiger partial charge < -0.3 is 43.0 Å². The number of urea groups is 1. The molecule has 0 bridgehead atoms. The number of rotatable bonds is 23. The van der Waals surface area contributed by atoms with Crippen molar-refractivity contribution in [3.05, 3.63) is 29.8 Å². The van der Waals surface area contributed by atoms with Crippen molar-refractivity contribution in [1.82, 2.24) is 36.6 Å². The molecule has 304 valence electrons. The third-order valence-corrected chi connectivity index (χ3v) is 9.25. The van der Waals surface area contributed by atoms with E-state index in [1.165, 1.54) is 0 Å². The molecule has 0 aliphatic carbocycles. The molecule has 17 heteroatoms. The Morgan fingerprint density at radius 3 is 1.83 bits per heavy atom. The molecule has 0 saturated carbocycles. The van der Waals surface area contributed by atoms with Crippen LogP contribution in [0.1, 0.15) is 98.9 Å². The van der Waals surface area contributed by atoms with Crippen LogP contribution in [-0.2, 0) is 24.4 Å². The van der Waals surface area contributed by atoms with Gasteiger partial charge in [-0.2, -0.15) is 0 Å². The van der Waals surface area contributed by atoms with E-state index in [2.05, 4.69) is 41.9 Å². The molecule has 53 heavy (non-hydrogen) atoms. The van der Waals surface area contributed by atoms with Crippen molar-refractivity contribution in [3.8, 4) is 0 Å². The molecular weight excluding hydrogens is 703 g/mol. The van der Waals surface area contributed by atoms with Crippen molar-refractivity contribution < 1.29 is 32.4 Å². The fourth-order valence-electron chi connectivity index (χ4n) is 4.57. The van der Waals surface area contributed by atoms with E-state index >= 15 is 0 Å². The number of primary amides is 1. The monoisotopic (exact) mass is 769 g/mol. The minimum atomic E-state index is -3.33. The topological polar surface area (TPSA) is 242 Å². The van der Waals surface area contributed by atoms with E-state index in [0.29, 0.717) is 56.2 Å². The molecule has 1 aromatic rings. The highest BCUT2D eigenvalue weighted by Gasteiger charge is 2.27. The summed E-state index contributed by atoms with van der Waals surface area (Å²) in [5, 5.41) is 19.6. The molecule has 2 atom stereocenters. The summed E-state index contributed by atoms with van der Waals surface area (Å²) in [6, 6.07) is 5.36. The predicted octanol–water partition coefficient (Wildman–Crippen LogP) is 1.79. The number of hydrogen-bond acceptors (Lipinski definition) is 9. The molecule has 0 heterocycles. The highest BCUT2D eigenvalue weighted by molar-refractivity contribution is 7.90. The molecule has 10 N–H and O–H groups in total. The van der Waals surface area contributed by atoms with E-state index in [9.17, 15) is 32.4 Å². The minimum Gasteiger partial charge on any atom is -0.353 e. The van der Waals surface area contributed by atoms with Gasteiger partial charge in [0, 0.05) is 62.5 Å². The lowest BCUT2D eigenvalue weighted by molar-refractivity contribution is -0.130. The van der Waals surface area contributed by atoms with Crippen molar-refractivity contribution in [2.24, 2.45) is 17.6 Å². The molecule has 0 saturated heterocycles. The number of carbonyl (C=O) groups excluding carboxylic acids is 5. The van der Waals surface area contributed by atoms with Crippen LogP contribution in [0.5, 0.6) is 0 Å². The molecular formula is C36H67N9O7S. The maximum absolute atomic E-state index is 12.7. The number of nitrogens with one attached hydrogen (secondary N) is 8. The van der Waals surface area contributed by atoms with Gasteiger partial charge in [-0.15, -0.1) is 0 Å². The lowest BCUT2D eigenvalue weighted by atomic mass is 10.0. The Labute approximate surface area is 317 Å². The summed E-state index contributed by atoms with van der Waals surface area (Å²) < 4.78 is 25.6. The second-order valence-electron chi connectivity index (χ2n) is 14.4. The fraction of sp³-hybridized carbons (Fsp3) is 0.694. The average Bonchev–Trinajstić information content (AvgIpc) is 3.04. The fourth-order valence-corrected chi connectivity index (χ4v) is 5.29. The van der Waals surface area contributed by atoms with Crippen molar-refractivity contribution in [2.45, 2.75) is 118 Å². The van der Waals surface area contributed by atoms with Gasteiger partial charge in [0.15, 0.2) is 0 Å². The number of carbonyl (C=O) groups is 5. The van der Waals surface area contributed by atoms with Crippen LogP contribution in [0.3, 0.4) is 0 Å². The summed E-state index contributed by atoms with van der Waals surface area (Å²) in [6.45, 7) is 20.8. The Morgan fingerprint density at radius 2 is 1.32 bits per heavy atom. The van der Waals surface area contributed by atoms with Gasteiger partial charge in [-0.3, -0.25) is 19.2 Å². The highest BCUT2D eigenvalue weighted by atomic mass is 32.2. The first kappa shape index (κ1) is 49.2. The third-order valence-electron chi connectivity index (χ3n) is 7.40. The lowest BCUT2D eigenvalue weighted by Gasteiger charge is -2.27. The molecule has 16 nitrogen and oxygen atoms in total. The van der Waals surface area contributed by atoms with Crippen LogP contribution in [0.4, 0.5) is 10.5 Å². The van der Waals surface area contributed by atoms with Gasteiger partial charge in [0.05, 0.1) is 11.3 Å². The van der Waals surface area contributed by atoms with E-state index in [1.54, 1.807) is 38.1 Å². The molecule has 0 fully saturated rings. The van der Waals surface area contributed by atoms with E-state index < -0.39 is 27.3 Å². The lowest BCUT2D eigenvalue weighted by Crippen LogP contribution is -2.55. The number of nitrogens with two attached hydrogens (primary N) is 1. The molecule has 0 aliphatic heterocycles. The molecule has 1 aromatic carbocycles. The van der Waals surface area contributed by atoms with Crippen molar-refractivity contribution in [1.29, 1.82) is 0 Å². The zero-order valence-electron chi connectivity index (χ0n) is 33.4. The van der Waals surface area contributed by atoms with Gasteiger partial charge in [0.2, 0.25) is 27.7 Å². The van der Waals surface area contributed by atoms with Gasteiger partial charge in [0.1, 0.15) is 6.04 Å². The summed E-state index contributed by atoms with van der Waals surface area (Å²) in [7, 11) is -3.33. The molecule has 0 aromatic heterocycles. The Hall–Kier alpha value is -3.80. The van der Waals surface area contributed by atoms with Gasteiger partial charge in [-0.05, 0) is 62.8 Å². The first-order chi connectivity index (χ1) is 24.7. The smallest absolute Gasteiger partial charge is 0.312 e. The molecule has 0 spiro atoms. The van der Waals surface area contributed by atoms with Crippen LogP contribution in [0.2, 0.25) is 0 Å². The second kappa shape index (κ2) is 26.1. The van der Waals surface area contributed by atoms with Crippen molar-refractivity contribution >= 4 is 45.4 Å². The Balaban J connectivity index is 0.00000103. The first-order valence-electron chi connectivity index (χ1n) is 18.4. The van der Waals surface area contributed by atoms with Crippen molar-refractivity contribution in [3.63, 3.8) is 0 Å². The van der Waals surface area contributed by atoms with Crippen LogP contribution in [0.15, 0.2) is 24.3 Å².